The van der Waals surface area contributed by atoms with Crippen LogP contribution in [0.3, 0.4) is 0 Å². The summed E-state index contributed by atoms with van der Waals surface area (Å²) < 4.78 is 27.4. The second-order valence-electron chi connectivity index (χ2n) is 5.22. The maximum atomic E-state index is 13.7. The summed E-state index contributed by atoms with van der Waals surface area (Å²) in [4.78, 5) is 17.4. The van der Waals surface area contributed by atoms with Crippen molar-refractivity contribution in [3.63, 3.8) is 0 Å². The Labute approximate surface area is 124 Å². The molecular weight excluding hydrogens is 296 g/mol. The van der Waals surface area contributed by atoms with Crippen LogP contribution < -0.4 is 10.2 Å². The van der Waals surface area contributed by atoms with Gasteiger partial charge in [0, 0.05) is 32.1 Å². The normalized spacial score (nSPS) is 19.0. The monoisotopic (exact) mass is 311 g/mol. The average molecular weight is 311 g/mol. The summed E-state index contributed by atoms with van der Waals surface area (Å²) in [5.41, 5.74) is 0.207. The molecule has 2 aromatic rings. The summed E-state index contributed by atoms with van der Waals surface area (Å²) in [6, 6.07) is 2.22. The number of nitrogens with one attached hydrogen (secondary N) is 1. The van der Waals surface area contributed by atoms with Crippen molar-refractivity contribution in [2.45, 2.75) is 25.8 Å². The lowest BCUT2D eigenvalue weighted by Crippen LogP contribution is -2.47. The minimum absolute atomic E-state index is 0.0562. The van der Waals surface area contributed by atoms with Crippen LogP contribution in [0.15, 0.2) is 12.1 Å². The predicted molar refractivity (Wildman–Crippen MR) is 78.6 cm³/mol. The molecule has 1 aliphatic heterocycles. The summed E-state index contributed by atoms with van der Waals surface area (Å²) in [6.07, 6.45) is 1.85. The number of aromatic nitrogens is 1. The number of thiazole rings is 1. The van der Waals surface area contributed by atoms with Gasteiger partial charge in [0.15, 0.2) is 10.9 Å². The number of carbonyl (C=O) groups is 1. The number of amides is 1. The van der Waals surface area contributed by atoms with Crippen LogP contribution in [0, 0.1) is 11.6 Å². The van der Waals surface area contributed by atoms with E-state index in [9.17, 15) is 13.6 Å². The third kappa shape index (κ3) is 2.97. The van der Waals surface area contributed by atoms with E-state index in [1.54, 1.807) is 0 Å². The zero-order chi connectivity index (χ0) is 15.0. The van der Waals surface area contributed by atoms with E-state index in [0.717, 1.165) is 25.5 Å². The molecule has 112 valence electrons. The van der Waals surface area contributed by atoms with Crippen LogP contribution in [0.25, 0.3) is 10.2 Å². The molecule has 1 unspecified atom stereocenters. The quantitative estimate of drug-likeness (QED) is 0.927. The first kappa shape index (κ1) is 14.2. The molecular formula is C14H15F2N3OS. The van der Waals surface area contributed by atoms with Gasteiger partial charge in [0.1, 0.15) is 11.3 Å². The summed E-state index contributed by atoms with van der Waals surface area (Å²) >= 11 is 1.28. The van der Waals surface area contributed by atoms with Gasteiger partial charge in [0.05, 0.1) is 4.70 Å². The smallest absolute Gasteiger partial charge is 0.217 e. The lowest BCUT2D eigenvalue weighted by Gasteiger charge is -2.32. The standard InChI is InChI=1S/C14H15F2N3OS/c1-8(20)17-10-3-2-4-19(7-10)14-18-13-11(16)5-9(15)6-12(13)21-14/h5-6,10H,2-4,7H2,1H3,(H,17,20). The summed E-state index contributed by atoms with van der Waals surface area (Å²) in [5.74, 6) is -1.29. The fraction of sp³-hybridized carbons (Fsp3) is 0.429. The van der Waals surface area contributed by atoms with Gasteiger partial charge in [-0.2, -0.15) is 0 Å². The topological polar surface area (TPSA) is 45.2 Å². The van der Waals surface area contributed by atoms with E-state index in [4.69, 9.17) is 0 Å². The number of piperidine rings is 1. The van der Waals surface area contributed by atoms with E-state index in [1.165, 1.54) is 24.3 Å². The molecule has 3 rings (SSSR count). The Morgan fingerprint density at radius 2 is 2.29 bits per heavy atom. The highest BCUT2D eigenvalue weighted by atomic mass is 32.1. The first-order chi connectivity index (χ1) is 10.0. The molecule has 1 aliphatic rings. The minimum Gasteiger partial charge on any atom is -0.352 e. The molecule has 21 heavy (non-hydrogen) atoms. The Morgan fingerprint density at radius 3 is 3.05 bits per heavy atom. The lowest BCUT2D eigenvalue weighted by atomic mass is 10.1. The van der Waals surface area contributed by atoms with Crippen molar-refractivity contribution in [3.05, 3.63) is 23.8 Å². The molecule has 1 atom stereocenters. The summed E-state index contributed by atoms with van der Waals surface area (Å²) in [6.45, 7) is 2.94. The molecule has 1 N–H and O–H groups in total. The minimum atomic E-state index is -0.636. The first-order valence-electron chi connectivity index (χ1n) is 6.80. The molecule has 2 heterocycles. The van der Waals surface area contributed by atoms with Gasteiger partial charge in [-0.25, -0.2) is 13.8 Å². The zero-order valence-electron chi connectivity index (χ0n) is 11.5. The fourth-order valence-corrected chi connectivity index (χ4v) is 3.68. The molecule has 0 saturated carbocycles. The van der Waals surface area contributed by atoms with Gasteiger partial charge in [-0.3, -0.25) is 4.79 Å². The van der Waals surface area contributed by atoms with Gasteiger partial charge >= 0.3 is 0 Å². The van der Waals surface area contributed by atoms with E-state index >= 15 is 0 Å². The maximum absolute atomic E-state index is 13.7. The number of halogens is 2. The molecule has 0 bridgehead atoms. The number of rotatable bonds is 2. The zero-order valence-corrected chi connectivity index (χ0v) is 12.3. The molecule has 1 saturated heterocycles. The Morgan fingerprint density at radius 1 is 1.48 bits per heavy atom. The molecule has 1 fully saturated rings. The van der Waals surface area contributed by atoms with E-state index in [0.29, 0.717) is 16.4 Å². The van der Waals surface area contributed by atoms with E-state index in [2.05, 4.69) is 10.3 Å². The molecule has 0 spiro atoms. The number of anilines is 1. The van der Waals surface area contributed by atoms with Gasteiger partial charge in [0.2, 0.25) is 5.91 Å². The lowest BCUT2D eigenvalue weighted by molar-refractivity contribution is -0.119. The van der Waals surface area contributed by atoms with Crippen LogP contribution in [0.5, 0.6) is 0 Å². The number of nitrogens with zero attached hydrogens (tertiary/aromatic N) is 2. The second-order valence-corrected chi connectivity index (χ2v) is 6.23. The van der Waals surface area contributed by atoms with E-state index in [-0.39, 0.29) is 17.5 Å². The Balaban J connectivity index is 1.86. The summed E-state index contributed by atoms with van der Waals surface area (Å²) in [5, 5.41) is 3.57. The van der Waals surface area contributed by atoms with Crippen molar-refractivity contribution in [1.29, 1.82) is 0 Å². The van der Waals surface area contributed by atoms with Crippen molar-refractivity contribution in [2.24, 2.45) is 0 Å². The third-order valence-corrected chi connectivity index (χ3v) is 4.56. The average Bonchev–Trinajstić information content (AvgIpc) is 2.82. The van der Waals surface area contributed by atoms with Crippen LogP contribution in [-0.4, -0.2) is 30.0 Å². The van der Waals surface area contributed by atoms with Crippen molar-refractivity contribution in [3.8, 4) is 0 Å². The van der Waals surface area contributed by atoms with Crippen LogP contribution in [0.1, 0.15) is 19.8 Å². The van der Waals surface area contributed by atoms with Crippen LogP contribution in [0.4, 0.5) is 13.9 Å². The number of hydrogen-bond donors (Lipinski definition) is 1. The van der Waals surface area contributed by atoms with Gasteiger partial charge in [-0.15, -0.1) is 0 Å². The maximum Gasteiger partial charge on any atom is 0.217 e. The highest BCUT2D eigenvalue weighted by molar-refractivity contribution is 7.22. The van der Waals surface area contributed by atoms with Gasteiger partial charge in [-0.05, 0) is 18.9 Å². The van der Waals surface area contributed by atoms with Gasteiger partial charge < -0.3 is 10.2 Å². The van der Waals surface area contributed by atoms with E-state index < -0.39 is 11.6 Å². The number of fused-ring (bicyclic) bond motifs is 1. The Hall–Kier alpha value is -1.76. The molecule has 4 nitrogen and oxygen atoms in total. The highest BCUT2D eigenvalue weighted by Crippen LogP contribution is 2.32. The molecule has 0 radical (unpaired) electrons. The predicted octanol–water partition coefficient (Wildman–Crippen LogP) is 2.68. The fourth-order valence-electron chi connectivity index (χ4n) is 2.64. The Bertz CT molecular complexity index is 688. The first-order valence-corrected chi connectivity index (χ1v) is 7.62. The number of benzene rings is 1. The van der Waals surface area contributed by atoms with Crippen molar-refractivity contribution in [1.82, 2.24) is 10.3 Å². The van der Waals surface area contributed by atoms with Crippen LogP contribution in [0.2, 0.25) is 0 Å². The third-order valence-electron chi connectivity index (χ3n) is 3.50. The van der Waals surface area contributed by atoms with Gasteiger partial charge in [0.25, 0.3) is 0 Å². The molecule has 0 aliphatic carbocycles. The highest BCUT2D eigenvalue weighted by Gasteiger charge is 2.23. The van der Waals surface area contributed by atoms with Crippen molar-refractivity contribution < 1.29 is 13.6 Å². The molecule has 7 heteroatoms. The molecule has 1 amide bonds. The Kier molecular flexibility index (Phi) is 3.75. The van der Waals surface area contributed by atoms with Crippen LogP contribution >= 0.6 is 11.3 Å². The largest absolute Gasteiger partial charge is 0.352 e. The molecule has 1 aromatic heterocycles. The van der Waals surface area contributed by atoms with Gasteiger partial charge in [-0.1, -0.05) is 11.3 Å². The van der Waals surface area contributed by atoms with Crippen molar-refractivity contribution in [2.75, 3.05) is 18.0 Å². The van der Waals surface area contributed by atoms with Crippen LogP contribution in [-0.2, 0) is 4.79 Å². The molecule has 1 aromatic carbocycles. The second kappa shape index (κ2) is 5.55. The van der Waals surface area contributed by atoms with Crippen molar-refractivity contribution >= 4 is 32.6 Å². The number of hydrogen-bond acceptors (Lipinski definition) is 4. The summed E-state index contributed by atoms with van der Waals surface area (Å²) in [7, 11) is 0. The SMILES string of the molecule is CC(=O)NC1CCCN(c2nc3c(F)cc(F)cc3s2)C1. The number of carbonyl (C=O) groups excluding carboxylic acids is 1. The van der Waals surface area contributed by atoms with E-state index in [1.807, 2.05) is 4.90 Å².